The zero-order valence-corrected chi connectivity index (χ0v) is 29.1. The third-order valence-electron chi connectivity index (χ3n) is 5.01. The van der Waals surface area contributed by atoms with E-state index in [0.29, 0.717) is 5.69 Å². The maximum Gasteiger partial charge on any atom is 0.373 e. The van der Waals surface area contributed by atoms with Crippen LogP contribution in [-0.2, 0) is 37.0 Å². The van der Waals surface area contributed by atoms with Gasteiger partial charge in [-0.1, -0.05) is 88.3 Å². The number of halogens is 3. The third-order valence-corrected chi connectivity index (χ3v) is 6.79. The summed E-state index contributed by atoms with van der Waals surface area (Å²) in [4.78, 5) is 44.3. The first-order valence-electron chi connectivity index (χ1n) is 12.1. The van der Waals surface area contributed by atoms with Crippen molar-refractivity contribution in [2.75, 3.05) is 7.11 Å². The molecule has 4 aromatic rings. The molecule has 0 saturated heterocycles. The van der Waals surface area contributed by atoms with Crippen LogP contribution >= 0.6 is 54.5 Å². The standard InChI is InChI=1S/C14H17BrN2O2.C12H14BrIN2.2CO2.2CH4/c1-14(2,3)8-17-11-6-5-9(15)7-10(11)12(16-17)13(18)19-4;1-12(2,3)7-16-10-5-4-8(13)6-9(10)11(14)15-16;2*2-1-3;;/h5-7H,8H2,1-4H3;4-6H,7H2,1-3H3;;;2*1H4. The monoisotopic (exact) mass is 836 g/mol. The molecule has 13 heteroatoms. The van der Waals surface area contributed by atoms with Crippen LogP contribution in [0.2, 0.25) is 0 Å². The molecule has 43 heavy (non-hydrogen) atoms. The van der Waals surface area contributed by atoms with Gasteiger partial charge in [-0.05, 0) is 69.8 Å². The summed E-state index contributed by atoms with van der Waals surface area (Å²) < 4.78 is 11.9. The van der Waals surface area contributed by atoms with Crippen LogP contribution in [-0.4, -0.2) is 44.9 Å². The van der Waals surface area contributed by atoms with E-state index in [1.165, 1.54) is 18.0 Å². The number of fused-ring (bicyclic) bond motifs is 2. The molecule has 0 bridgehead atoms. The number of benzene rings is 2. The number of methoxy groups -OCH3 is 1. The second-order valence-corrected chi connectivity index (χ2v) is 13.9. The maximum absolute atomic E-state index is 11.8. The van der Waals surface area contributed by atoms with E-state index in [0.717, 1.165) is 36.6 Å². The van der Waals surface area contributed by atoms with E-state index in [2.05, 4.69) is 129 Å². The van der Waals surface area contributed by atoms with Crippen molar-refractivity contribution in [3.8, 4) is 0 Å². The lowest BCUT2D eigenvalue weighted by molar-refractivity contribution is -0.193. The average molecular weight is 838 g/mol. The molecule has 0 radical (unpaired) electrons. The van der Waals surface area contributed by atoms with Gasteiger partial charge >= 0.3 is 18.3 Å². The number of ether oxygens (including phenoxy) is 1. The Labute approximate surface area is 283 Å². The number of hydrogen-bond acceptors (Lipinski definition) is 8. The Kier molecular flexibility index (Phi) is 18.6. The van der Waals surface area contributed by atoms with E-state index in [4.69, 9.17) is 23.9 Å². The maximum atomic E-state index is 11.8. The van der Waals surface area contributed by atoms with Crippen molar-refractivity contribution in [2.24, 2.45) is 10.8 Å². The number of rotatable bonds is 3. The summed E-state index contributed by atoms with van der Waals surface area (Å²) in [7, 11) is 1.37. The van der Waals surface area contributed by atoms with Crippen molar-refractivity contribution >= 4 is 94.5 Å². The summed E-state index contributed by atoms with van der Waals surface area (Å²) in [6.07, 6.45) is 0.500. The molecule has 0 aliphatic carbocycles. The van der Waals surface area contributed by atoms with Crippen molar-refractivity contribution in [1.29, 1.82) is 0 Å². The van der Waals surface area contributed by atoms with Gasteiger partial charge in [-0.2, -0.15) is 29.4 Å². The third kappa shape index (κ3) is 13.6. The summed E-state index contributed by atoms with van der Waals surface area (Å²) in [5.74, 6) is -0.407. The van der Waals surface area contributed by atoms with E-state index >= 15 is 0 Å². The Morgan fingerprint density at radius 1 is 0.791 bits per heavy atom. The molecular weight excluding hydrogens is 799 g/mol. The molecule has 0 aliphatic heterocycles. The zero-order chi connectivity index (χ0) is 31.5. The fourth-order valence-corrected chi connectivity index (χ4v) is 5.07. The number of carbonyl (C=O) groups is 1. The van der Waals surface area contributed by atoms with Crippen LogP contribution in [0.4, 0.5) is 0 Å². The fourth-order valence-electron chi connectivity index (χ4n) is 3.65. The first-order chi connectivity index (χ1) is 19.0. The Morgan fingerprint density at radius 2 is 1.16 bits per heavy atom. The molecule has 0 unspecified atom stereocenters. The Morgan fingerprint density at radius 3 is 1.56 bits per heavy atom. The first kappa shape index (κ1) is 42.4. The second kappa shape index (κ2) is 18.9. The molecular formula is C30H39Br2IN4O6. The highest BCUT2D eigenvalue weighted by Crippen LogP contribution is 2.28. The van der Waals surface area contributed by atoms with Crippen LogP contribution in [0.1, 0.15) is 66.9 Å². The average Bonchev–Trinajstić information content (AvgIpc) is 3.34. The minimum atomic E-state index is -0.407. The van der Waals surface area contributed by atoms with Gasteiger partial charge in [0.2, 0.25) is 0 Å². The number of aromatic nitrogens is 4. The molecule has 10 nitrogen and oxygen atoms in total. The molecule has 4 rings (SSSR count). The van der Waals surface area contributed by atoms with Crippen molar-refractivity contribution in [3.63, 3.8) is 0 Å². The van der Waals surface area contributed by atoms with E-state index in [-0.39, 0.29) is 38.0 Å². The van der Waals surface area contributed by atoms with Crippen LogP contribution in [0.5, 0.6) is 0 Å². The predicted molar refractivity (Wildman–Crippen MR) is 181 cm³/mol. The van der Waals surface area contributed by atoms with E-state index in [9.17, 15) is 4.79 Å². The lowest BCUT2D eigenvalue weighted by Crippen LogP contribution is -2.17. The van der Waals surface area contributed by atoms with E-state index < -0.39 is 5.97 Å². The van der Waals surface area contributed by atoms with Gasteiger partial charge in [0, 0.05) is 32.8 Å². The van der Waals surface area contributed by atoms with Gasteiger partial charge in [-0.15, -0.1) is 0 Å². The lowest BCUT2D eigenvalue weighted by atomic mass is 9.97. The summed E-state index contributed by atoms with van der Waals surface area (Å²) >= 11 is 9.21. The van der Waals surface area contributed by atoms with Crippen molar-refractivity contribution in [3.05, 3.63) is 54.7 Å². The summed E-state index contributed by atoms with van der Waals surface area (Å²) in [5.41, 5.74) is 2.85. The summed E-state index contributed by atoms with van der Waals surface area (Å²) in [6.45, 7) is 14.8. The number of carbonyl (C=O) groups excluding carboxylic acids is 5. The molecule has 0 aliphatic rings. The highest BCUT2D eigenvalue weighted by molar-refractivity contribution is 14.1. The van der Waals surface area contributed by atoms with Gasteiger partial charge in [-0.25, -0.2) is 4.79 Å². The van der Waals surface area contributed by atoms with Crippen LogP contribution in [0.15, 0.2) is 45.3 Å². The molecule has 2 aromatic carbocycles. The minimum absolute atomic E-state index is 0. The molecule has 2 aromatic heterocycles. The number of nitrogens with zero attached hydrogens (tertiary/aromatic N) is 4. The normalized spacial score (nSPS) is 10.2. The summed E-state index contributed by atoms with van der Waals surface area (Å²) in [5, 5.41) is 11.0. The molecule has 0 N–H and O–H groups in total. The fraction of sp³-hybridized carbons (Fsp3) is 0.433. The Balaban J connectivity index is 0. The van der Waals surface area contributed by atoms with Gasteiger partial charge in [0.1, 0.15) is 3.70 Å². The van der Waals surface area contributed by atoms with Crippen molar-refractivity contribution < 1.29 is 28.7 Å². The second-order valence-electron chi connectivity index (χ2n) is 11.1. The van der Waals surface area contributed by atoms with E-state index in [1.807, 2.05) is 22.9 Å². The van der Waals surface area contributed by atoms with Crippen molar-refractivity contribution in [1.82, 2.24) is 19.6 Å². The minimum Gasteiger partial charge on any atom is -0.464 e. The first-order valence-corrected chi connectivity index (χ1v) is 14.7. The SMILES string of the molecule is C.C.CC(C)(C)Cn1nc(I)c2cc(Br)ccc21.COC(=O)c1nn(CC(C)(C)C)c2ccc(Br)cc12.O=C=O.O=C=O. The van der Waals surface area contributed by atoms with Crippen molar-refractivity contribution in [2.45, 2.75) is 69.5 Å². The number of hydrogen-bond donors (Lipinski definition) is 0. The largest absolute Gasteiger partial charge is 0.464 e. The molecule has 0 spiro atoms. The number of esters is 1. The zero-order valence-electron chi connectivity index (χ0n) is 23.8. The molecule has 0 fully saturated rings. The molecule has 2 heterocycles. The molecule has 0 atom stereocenters. The quantitative estimate of drug-likeness (QED) is 0.149. The Hall–Kier alpha value is -2.70. The Bertz CT molecular complexity index is 1540. The van der Waals surface area contributed by atoms with Crippen LogP contribution < -0.4 is 0 Å². The van der Waals surface area contributed by atoms with Gasteiger partial charge in [0.15, 0.2) is 5.69 Å². The van der Waals surface area contributed by atoms with Gasteiger partial charge < -0.3 is 4.74 Å². The molecule has 0 amide bonds. The molecule has 0 saturated carbocycles. The predicted octanol–water partition coefficient (Wildman–Crippen LogP) is 8.19. The topological polar surface area (TPSA) is 130 Å². The van der Waals surface area contributed by atoms with Crippen LogP contribution in [0.25, 0.3) is 21.8 Å². The van der Waals surface area contributed by atoms with Gasteiger partial charge in [-0.3, -0.25) is 9.36 Å². The smallest absolute Gasteiger partial charge is 0.373 e. The lowest BCUT2D eigenvalue weighted by Gasteiger charge is -2.18. The van der Waals surface area contributed by atoms with Gasteiger partial charge in [0.25, 0.3) is 0 Å². The van der Waals surface area contributed by atoms with E-state index in [1.54, 1.807) is 0 Å². The van der Waals surface area contributed by atoms with Gasteiger partial charge in [0.05, 0.1) is 18.1 Å². The highest BCUT2D eigenvalue weighted by Gasteiger charge is 2.21. The summed E-state index contributed by atoms with van der Waals surface area (Å²) in [6, 6.07) is 12.1. The highest BCUT2D eigenvalue weighted by atomic mass is 127. The van der Waals surface area contributed by atoms with Crippen LogP contribution in [0.3, 0.4) is 0 Å². The van der Waals surface area contributed by atoms with Crippen LogP contribution in [0, 0.1) is 14.5 Å². The molecule has 236 valence electrons.